The van der Waals surface area contributed by atoms with Crippen LogP contribution in [0.4, 0.5) is 0 Å². The predicted molar refractivity (Wildman–Crippen MR) is 76.1 cm³/mol. The zero-order valence-electron chi connectivity index (χ0n) is 11.7. The number of nitrogens with one attached hydrogen (secondary N) is 1. The van der Waals surface area contributed by atoms with Gasteiger partial charge in [0.05, 0.1) is 5.75 Å². The maximum Gasteiger partial charge on any atom is 0.326 e. The number of carboxylic acid groups (broad SMARTS) is 1. The van der Waals surface area contributed by atoms with Gasteiger partial charge in [-0.05, 0) is 25.5 Å². The van der Waals surface area contributed by atoms with Gasteiger partial charge in [0, 0.05) is 17.4 Å². The molecule has 0 fully saturated rings. The average Bonchev–Trinajstić information content (AvgIpc) is 2.36. The summed E-state index contributed by atoms with van der Waals surface area (Å²) in [5.74, 6) is -2.41. The van der Waals surface area contributed by atoms with E-state index in [4.69, 9.17) is 5.11 Å². The molecule has 0 radical (unpaired) electrons. The Labute approximate surface area is 122 Å². The minimum absolute atomic E-state index is 0.0781. The molecule has 0 saturated carbocycles. The fourth-order valence-electron chi connectivity index (χ4n) is 1.69. The van der Waals surface area contributed by atoms with E-state index in [0.29, 0.717) is 5.56 Å². The second kappa shape index (κ2) is 6.57. The Morgan fingerprint density at radius 3 is 2.48 bits per heavy atom. The fraction of sp³-hybridized carbons (Fsp3) is 0.385. The van der Waals surface area contributed by atoms with Gasteiger partial charge in [-0.3, -0.25) is 4.79 Å². The van der Waals surface area contributed by atoms with Gasteiger partial charge in [0.15, 0.2) is 0 Å². The monoisotopic (exact) mass is 315 g/mol. The highest BCUT2D eigenvalue weighted by Gasteiger charge is 2.23. The van der Waals surface area contributed by atoms with E-state index >= 15 is 0 Å². The number of sulfone groups is 1. The van der Waals surface area contributed by atoms with E-state index in [1.165, 1.54) is 25.1 Å². The number of benzene rings is 1. The SMILES string of the molecule is Cc1c(O)cccc1C(=O)NC(CCS(C)(=O)=O)C(=O)O. The molecule has 3 N–H and O–H groups in total. The van der Waals surface area contributed by atoms with E-state index in [2.05, 4.69) is 5.32 Å². The lowest BCUT2D eigenvalue weighted by molar-refractivity contribution is -0.139. The smallest absolute Gasteiger partial charge is 0.326 e. The first-order valence-corrected chi connectivity index (χ1v) is 8.18. The third kappa shape index (κ3) is 5.07. The largest absolute Gasteiger partial charge is 0.508 e. The van der Waals surface area contributed by atoms with Gasteiger partial charge in [0.25, 0.3) is 5.91 Å². The van der Waals surface area contributed by atoms with Crippen molar-refractivity contribution in [1.29, 1.82) is 0 Å². The molecule has 0 heterocycles. The minimum atomic E-state index is -3.32. The zero-order chi connectivity index (χ0) is 16.2. The number of hydrogen-bond acceptors (Lipinski definition) is 5. The van der Waals surface area contributed by atoms with Crippen LogP contribution in [0.5, 0.6) is 5.75 Å². The standard InChI is InChI=1S/C13H17NO6S/c1-8-9(4-3-5-11(8)15)12(16)14-10(13(17)18)6-7-21(2,19)20/h3-5,10,15H,6-7H2,1-2H3,(H,14,16)(H,17,18). The molecule has 0 bridgehead atoms. The third-order valence-electron chi connectivity index (χ3n) is 2.93. The van der Waals surface area contributed by atoms with E-state index in [1.54, 1.807) is 0 Å². The Balaban J connectivity index is 2.86. The summed E-state index contributed by atoms with van der Waals surface area (Å²) >= 11 is 0. The van der Waals surface area contributed by atoms with Crippen LogP contribution in [0.3, 0.4) is 0 Å². The lowest BCUT2D eigenvalue weighted by Gasteiger charge is -2.15. The van der Waals surface area contributed by atoms with Crippen LogP contribution < -0.4 is 5.32 Å². The van der Waals surface area contributed by atoms with Crippen molar-refractivity contribution in [3.63, 3.8) is 0 Å². The Hall–Kier alpha value is -2.09. The first kappa shape index (κ1) is 17.0. The quantitative estimate of drug-likeness (QED) is 0.695. The number of aromatic hydroxyl groups is 1. The molecule has 7 nitrogen and oxygen atoms in total. The molecular formula is C13H17NO6S. The molecule has 1 aromatic carbocycles. The molecule has 0 aliphatic heterocycles. The van der Waals surface area contributed by atoms with E-state index in [0.717, 1.165) is 6.26 Å². The van der Waals surface area contributed by atoms with Crippen LogP contribution in [0.1, 0.15) is 22.3 Å². The Morgan fingerprint density at radius 1 is 1.33 bits per heavy atom. The maximum atomic E-state index is 12.0. The van der Waals surface area contributed by atoms with Crippen molar-refractivity contribution in [2.45, 2.75) is 19.4 Å². The highest BCUT2D eigenvalue weighted by Crippen LogP contribution is 2.19. The Kier molecular flexibility index (Phi) is 5.31. The number of hydrogen-bond donors (Lipinski definition) is 3. The number of phenolic OH excluding ortho intramolecular Hbond substituents is 1. The summed E-state index contributed by atoms with van der Waals surface area (Å²) in [5.41, 5.74) is 0.461. The van der Waals surface area contributed by atoms with Crippen molar-refractivity contribution in [3.05, 3.63) is 29.3 Å². The van der Waals surface area contributed by atoms with Gasteiger partial charge in [-0.1, -0.05) is 6.07 Å². The Morgan fingerprint density at radius 2 is 1.95 bits per heavy atom. The minimum Gasteiger partial charge on any atom is -0.508 e. The van der Waals surface area contributed by atoms with Gasteiger partial charge in [-0.2, -0.15) is 0 Å². The summed E-state index contributed by atoms with van der Waals surface area (Å²) in [6.07, 6.45) is 0.769. The number of carbonyl (C=O) groups is 2. The van der Waals surface area contributed by atoms with E-state index in [-0.39, 0.29) is 23.5 Å². The summed E-state index contributed by atoms with van der Waals surface area (Å²) in [6, 6.07) is 3.00. The molecule has 0 aliphatic rings. The molecule has 21 heavy (non-hydrogen) atoms. The summed E-state index contributed by atoms with van der Waals surface area (Å²) < 4.78 is 22.1. The molecular weight excluding hydrogens is 298 g/mol. The highest BCUT2D eigenvalue weighted by molar-refractivity contribution is 7.90. The van der Waals surface area contributed by atoms with Crippen molar-refractivity contribution >= 4 is 21.7 Å². The molecule has 0 spiro atoms. The third-order valence-corrected chi connectivity index (χ3v) is 3.91. The topological polar surface area (TPSA) is 121 Å². The summed E-state index contributed by atoms with van der Waals surface area (Å²) in [6.45, 7) is 1.52. The van der Waals surface area contributed by atoms with Crippen molar-refractivity contribution in [2.75, 3.05) is 12.0 Å². The van der Waals surface area contributed by atoms with Gasteiger partial charge >= 0.3 is 5.97 Å². The molecule has 8 heteroatoms. The second-order valence-electron chi connectivity index (χ2n) is 4.73. The van der Waals surface area contributed by atoms with Crippen LogP contribution in [-0.4, -0.2) is 48.6 Å². The number of rotatable bonds is 6. The summed E-state index contributed by atoms with van der Waals surface area (Å²) in [5, 5.41) is 20.8. The van der Waals surface area contributed by atoms with Crippen LogP contribution in [0.15, 0.2) is 18.2 Å². The lowest BCUT2D eigenvalue weighted by atomic mass is 10.1. The van der Waals surface area contributed by atoms with Crippen LogP contribution in [0.2, 0.25) is 0 Å². The fourth-order valence-corrected chi connectivity index (χ4v) is 2.36. The molecule has 0 saturated heterocycles. The molecule has 0 aromatic heterocycles. The van der Waals surface area contributed by atoms with Crippen molar-refractivity contribution < 1.29 is 28.2 Å². The van der Waals surface area contributed by atoms with Crippen LogP contribution in [0.25, 0.3) is 0 Å². The highest BCUT2D eigenvalue weighted by atomic mass is 32.2. The molecule has 1 aromatic rings. The van der Waals surface area contributed by atoms with Crippen LogP contribution in [0, 0.1) is 6.92 Å². The van der Waals surface area contributed by atoms with Gasteiger partial charge in [-0.25, -0.2) is 13.2 Å². The second-order valence-corrected chi connectivity index (χ2v) is 6.99. The maximum absolute atomic E-state index is 12.0. The van der Waals surface area contributed by atoms with Gasteiger partial charge in [0.2, 0.25) is 0 Å². The normalized spacial score (nSPS) is 12.7. The molecule has 116 valence electrons. The molecule has 0 aliphatic carbocycles. The van der Waals surface area contributed by atoms with Crippen LogP contribution in [-0.2, 0) is 14.6 Å². The molecule has 1 amide bonds. The zero-order valence-corrected chi connectivity index (χ0v) is 12.5. The Bertz CT molecular complexity index is 653. The molecule has 1 rings (SSSR count). The van der Waals surface area contributed by atoms with E-state index in [9.17, 15) is 23.1 Å². The van der Waals surface area contributed by atoms with Gasteiger partial charge in [0.1, 0.15) is 21.6 Å². The molecule has 1 atom stereocenters. The number of aliphatic carboxylic acids is 1. The number of carboxylic acids is 1. The number of phenols is 1. The van der Waals surface area contributed by atoms with Crippen molar-refractivity contribution in [3.8, 4) is 5.75 Å². The van der Waals surface area contributed by atoms with Crippen molar-refractivity contribution in [1.82, 2.24) is 5.32 Å². The lowest BCUT2D eigenvalue weighted by Crippen LogP contribution is -2.42. The number of carbonyl (C=O) groups excluding carboxylic acids is 1. The average molecular weight is 315 g/mol. The predicted octanol–water partition coefficient (Wildman–Crippen LogP) is 0.318. The van der Waals surface area contributed by atoms with Gasteiger partial charge in [-0.15, -0.1) is 0 Å². The number of amides is 1. The molecule has 1 unspecified atom stereocenters. The first-order chi connectivity index (χ1) is 9.61. The van der Waals surface area contributed by atoms with E-state index in [1.807, 2.05) is 0 Å². The summed E-state index contributed by atoms with van der Waals surface area (Å²) in [7, 11) is -3.32. The first-order valence-electron chi connectivity index (χ1n) is 6.12. The van der Waals surface area contributed by atoms with Gasteiger partial charge < -0.3 is 15.5 Å². The van der Waals surface area contributed by atoms with E-state index < -0.39 is 27.8 Å². The summed E-state index contributed by atoms with van der Waals surface area (Å²) in [4.78, 5) is 23.1. The van der Waals surface area contributed by atoms with Crippen molar-refractivity contribution in [2.24, 2.45) is 0 Å². The van der Waals surface area contributed by atoms with Crippen LogP contribution >= 0.6 is 0 Å².